The first kappa shape index (κ1) is 12.4. The summed E-state index contributed by atoms with van der Waals surface area (Å²) in [5.74, 6) is 0. The van der Waals surface area contributed by atoms with Crippen molar-refractivity contribution in [3.8, 4) is 0 Å². The molecular weight excluding hydrogens is 236 g/mol. The van der Waals surface area contributed by atoms with Crippen LogP contribution >= 0.6 is 0 Å². The van der Waals surface area contributed by atoms with Gasteiger partial charge in [0.25, 0.3) is 0 Å². The molecule has 17 heavy (non-hydrogen) atoms. The largest absolute Gasteiger partial charge is 0.317 e. The number of allylic oxidation sites excluding steroid dienone is 3. The molecule has 1 heterocycles. The van der Waals surface area contributed by atoms with Gasteiger partial charge in [0.2, 0.25) is 0 Å². The molecule has 1 fully saturated rings. The Kier molecular flexibility index (Phi) is 3.71. The average Bonchev–Trinajstić information content (AvgIpc) is 2.30. The molecular formula is C12H17N2O2S-. The van der Waals surface area contributed by atoms with Gasteiger partial charge >= 0.3 is 0 Å². The lowest BCUT2D eigenvalue weighted by Gasteiger charge is -2.28. The van der Waals surface area contributed by atoms with Gasteiger partial charge in [-0.1, -0.05) is 0 Å². The lowest BCUT2D eigenvalue weighted by atomic mass is 10.1. The van der Waals surface area contributed by atoms with E-state index < -0.39 is 10.0 Å². The van der Waals surface area contributed by atoms with Gasteiger partial charge in [-0.2, -0.15) is 24.3 Å². The molecule has 0 atom stereocenters. The van der Waals surface area contributed by atoms with E-state index in [1.807, 2.05) is 0 Å². The van der Waals surface area contributed by atoms with Crippen molar-refractivity contribution in [1.29, 1.82) is 0 Å². The molecule has 0 aromatic carbocycles. The van der Waals surface area contributed by atoms with Gasteiger partial charge in [-0.3, -0.25) is 0 Å². The second-order valence-electron chi connectivity index (χ2n) is 4.29. The summed E-state index contributed by atoms with van der Waals surface area (Å²) in [5.41, 5.74) is 0.811. The van der Waals surface area contributed by atoms with E-state index in [0.717, 1.165) is 31.5 Å². The van der Waals surface area contributed by atoms with E-state index in [2.05, 4.69) is 16.6 Å². The topological polar surface area (TPSA) is 58.2 Å². The molecule has 4 nitrogen and oxygen atoms in total. The first-order valence-corrected chi connectivity index (χ1v) is 7.21. The summed E-state index contributed by atoms with van der Waals surface area (Å²) < 4.78 is 26.9. The Morgan fingerprint density at radius 2 is 1.88 bits per heavy atom. The number of hydrogen-bond donors (Lipinski definition) is 2. The van der Waals surface area contributed by atoms with E-state index in [1.54, 1.807) is 24.3 Å². The van der Waals surface area contributed by atoms with Gasteiger partial charge in [0.05, 0.1) is 0 Å². The van der Waals surface area contributed by atoms with Gasteiger partial charge < -0.3 is 5.32 Å². The molecule has 1 aliphatic carbocycles. The van der Waals surface area contributed by atoms with Gasteiger partial charge in [-0.05, 0) is 31.2 Å². The third kappa shape index (κ3) is 3.21. The van der Waals surface area contributed by atoms with Crippen molar-refractivity contribution in [2.45, 2.75) is 18.9 Å². The van der Waals surface area contributed by atoms with Crippen molar-refractivity contribution in [1.82, 2.24) is 10.0 Å². The van der Waals surface area contributed by atoms with Crippen LogP contribution in [0.1, 0.15) is 12.8 Å². The number of sulfonamides is 1. The van der Waals surface area contributed by atoms with Crippen LogP contribution in [-0.4, -0.2) is 27.5 Å². The minimum Gasteiger partial charge on any atom is -0.317 e. The SMILES string of the molecule is C=C1C=C[C-](S(=O)(=O)NC2CCNCC2)C=C1. The van der Waals surface area contributed by atoms with Gasteiger partial charge in [-0.25, -0.2) is 13.1 Å². The van der Waals surface area contributed by atoms with Crippen LogP contribution in [0.3, 0.4) is 0 Å². The van der Waals surface area contributed by atoms with Crippen LogP contribution in [0.15, 0.2) is 36.5 Å². The maximum Gasteiger partial charge on any atom is 0.194 e. The highest BCUT2D eigenvalue weighted by atomic mass is 32.2. The molecule has 2 aliphatic rings. The minimum absolute atomic E-state index is 0.0423. The molecule has 2 rings (SSSR count). The van der Waals surface area contributed by atoms with Crippen LogP contribution in [0, 0.1) is 5.25 Å². The fourth-order valence-electron chi connectivity index (χ4n) is 1.90. The van der Waals surface area contributed by atoms with Crippen molar-refractivity contribution in [2.24, 2.45) is 0 Å². The van der Waals surface area contributed by atoms with Crippen LogP contribution < -0.4 is 10.0 Å². The molecule has 5 heteroatoms. The molecule has 1 aliphatic heterocycles. The Morgan fingerprint density at radius 3 is 2.47 bits per heavy atom. The van der Waals surface area contributed by atoms with Crippen LogP contribution in [0.5, 0.6) is 0 Å². The summed E-state index contributed by atoms with van der Waals surface area (Å²) in [7, 11) is -3.38. The summed E-state index contributed by atoms with van der Waals surface area (Å²) in [6.07, 6.45) is 8.27. The summed E-state index contributed by atoms with van der Waals surface area (Å²) in [6.45, 7) is 5.47. The number of nitrogens with one attached hydrogen (secondary N) is 2. The fraction of sp³-hybridized carbons (Fsp3) is 0.417. The summed E-state index contributed by atoms with van der Waals surface area (Å²) >= 11 is 0. The second kappa shape index (κ2) is 5.08. The molecule has 0 aromatic rings. The van der Waals surface area contributed by atoms with Gasteiger partial charge in [0.1, 0.15) is 0 Å². The van der Waals surface area contributed by atoms with E-state index in [4.69, 9.17) is 0 Å². The highest BCUT2D eigenvalue weighted by Crippen LogP contribution is 2.20. The summed E-state index contributed by atoms with van der Waals surface area (Å²) in [5, 5.41) is 3.51. The Hall–Kier alpha value is -1.04. The molecule has 0 spiro atoms. The highest BCUT2D eigenvalue weighted by Gasteiger charge is 2.21. The van der Waals surface area contributed by atoms with E-state index in [1.165, 1.54) is 0 Å². The third-order valence-corrected chi connectivity index (χ3v) is 4.43. The number of rotatable bonds is 3. The monoisotopic (exact) mass is 253 g/mol. The van der Waals surface area contributed by atoms with Gasteiger partial charge in [0, 0.05) is 6.04 Å². The van der Waals surface area contributed by atoms with Crippen LogP contribution in [-0.2, 0) is 10.0 Å². The first-order valence-electron chi connectivity index (χ1n) is 5.73. The predicted octanol–water partition coefficient (Wildman–Crippen LogP) is 0.872. The first-order chi connectivity index (χ1) is 8.08. The molecule has 0 amide bonds. The number of piperidine rings is 1. The lowest BCUT2D eigenvalue weighted by Crippen LogP contribution is -2.43. The van der Waals surface area contributed by atoms with Crippen LogP contribution in [0.4, 0.5) is 0 Å². The Balaban J connectivity index is 2.01. The third-order valence-electron chi connectivity index (χ3n) is 2.89. The number of hydrogen-bond acceptors (Lipinski definition) is 3. The van der Waals surface area contributed by atoms with Gasteiger partial charge in [0.15, 0.2) is 10.0 Å². The van der Waals surface area contributed by atoms with Crippen molar-refractivity contribution < 1.29 is 8.42 Å². The maximum absolute atomic E-state index is 12.1. The minimum atomic E-state index is -3.38. The quantitative estimate of drug-likeness (QED) is 0.734. The normalized spacial score (nSPS) is 22.1. The molecule has 2 N–H and O–H groups in total. The van der Waals surface area contributed by atoms with Crippen LogP contribution in [0.2, 0.25) is 0 Å². The maximum atomic E-state index is 12.1. The van der Waals surface area contributed by atoms with E-state index in [-0.39, 0.29) is 6.04 Å². The zero-order valence-corrected chi connectivity index (χ0v) is 10.5. The molecule has 0 unspecified atom stereocenters. The van der Waals surface area contributed by atoms with Gasteiger partial charge in [-0.15, -0.1) is 12.2 Å². The summed E-state index contributed by atoms with van der Waals surface area (Å²) in [4.78, 5) is 0. The smallest absolute Gasteiger partial charge is 0.194 e. The van der Waals surface area contributed by atoms with E-state index >= 15 is 0 Å². The zero-order valence-electron chi connectivity index (χ0n) is 9.65. The predicted molar refractivity (Wildman–Crippen MR) is 68.6 cm³/mol. The molecule has 94 valence electrons. The average molecular weight is 253 g/mol. The van der Waals surface area contributed by atoms with Crippen molar-refractivity contribution >= 4 is 10.0 Å². The highest BCUT2D eigenvalue weighted by molar-refractivity contribution is 7.92. The molecule has 0 radical (unpaired) electrons. The Bertz CT molecular complexity index is 429. The van der Waals surface area contributed by atoms with E-state index in [0.29, 0.717) is 5.25 Å². The summed E-state index contributed by atoms with van der Waals surface area (Å²) in [6, 6.07) is 0.0423. The lowest BCUT2D eigenvalue weighted by molar-refractivity contribution is 0.428. The van der Waals surface area contributed by atoms with Crippen molar-refractivity contribution in [2.75, 3.05) is 13.1 Å². The standard InChI is InChI=1S/C12H17N2O2S/c1-10-2-4-12(5-3-10)17(15,16)14-11-6-8-13-9-7-11/h2-5,11,13-14H,1,6-9H2/q-1. The Morgan fingerprint density at radius 1 is 1.29 bits per heavy atom. The van der Waals surface area contributed by atoms with E-state index in [9.17, 15) is 8.42 Å². The zero-order chi connectivity index (χ0) is 12.3. The fourth-order valence-corrected chi connectivity index (χ4v) is 3.20. The Labute approximate surface area is 103 Å². The molecule has 1 saturated heterocycles. The van der Waals surface area contributed by atoms with Crippen molar-refractivity contribution in [3.05, 3.63) is 41.7 Å². The van der Waals surface area contributed by atoms with Crippen molar-refractivity contribution in [3.63, 3.8) is 0 Å². The second-order valence-corrected chi connectivity index (χ2v) is 6.00. The molecule has 0 saturated carbocycles. The molecule has 0 aromatic heterocycles. The molecule has 0 bridgehead atoms. The van der Waals surface area contributed by atoms with Crippen LogP contribution in [0.25, 0.3) is 0 Å².